The van der Waals surface area contributed by atoms with Crippen molar-refractivity contribution in [1.82, 2.24) is 51.5 Å². The van der Waals surface area contributed by atoms with E-state index in [4.69, 9.17) is 36.3 Å². The molecular weight excluding hydrogens is 1010 g/mol. The Morgan fingerprint density at radius 2 is 1.09 bits per heavy atom. The van der Waals surface area contributed by atoms with E-state index < -0.39 is 72.6 Å². The van der Waals surface area contributed by atoms with Crippen molar-refractivity contribution in [2.45, 2.75) is 74.8 Å². The molecule has 2 fully saturated rings. The zero-order valence-electron chi connectivity index (χ0n) is 41.7. The fourth-order valence-corrected chi connectivity index (χ4v) is 9.40. The standard InChI is InChI=1S/C25H28F2N8O4.C25H27F2N7O4/c1-10-18-21(34-25(29)31-10)19(27)20(33-23(18)35-39-9-16-22(37)17(36)8-30-16)12-4-3-11(26)7-13(12)15-6-5-14(28)24(32-15)38-2;1-11-19-22(33-25(28)30-11)20(27)21(32-24(19)34-38-10-16-23(36)17(35)9-29-16)13-7-6-12(26)8-14(13)15-4-3-5-18(31-15)37-2/h3-7,16-17,19-20,22,30,36-37H,8-9,28H2,1-2H3,(H,33,35)(H2,29,31,34);3-8,16-17,20-21,23,29,35-36H,9-10H2,1-2H3,(H,32,34)(H2,28,30,33)/t16?,17?,19?,20-,22?;16?,17?,20?,21-,23?/m00/s1. The number of pyridine rings is 2. The zero-order chi connectivity index (χ0) is 54.8. The van der Waals surface area contributed by atoms with Gasteiger partial charge in [-0.3, -0.25) is 19.7 Å². The highest BCUT2D eigenvalue weighted by Crippen LogP contribution is 2.46. The van der Waals surface area contributed by atoms with Crippen LogP contribution in [0.25, 0.3) is 22.5 Å². The Kier molecular flexibility index (Phi) is 16.0. The maximum absolute atomic E-state index is 16.2. The number of hydrogen-bond acceptors (Lipinski definition) is 23. The van der Waals surface area contributed by atoms with Gasteiger partial charge < -0.3 is 57.7 Å². The summed E-state index contributed by atoms with van der Waals surface area (Å²) < 4.78 is 71.5. The number of aliphatic hydroxyl groups is 4. The number of aliphatic hydroxyl groups excluding tert-OH is 4. The van der Waals surface area contributed by atoms with Crippen LogP contribution in [0.1, 0.15) is 69.5 Å². The number of methoxy groups -OCH3 is 2. The zero-order valence-corrected chi connectivity index (χ0v) is 41.7. The molecule has 0 amide bonds. The van der Waals surface area contributed by atoms with E-state index in [1.54, 1.807) is 44.2 Å². The Balaban J connectivity index is 0.000000188. The van der Waals surface area contributed by atoms with Gasteiger partial charge in [-0.1, -0.05) is 18.2 Å². The minimum absolute atomic E-state index is 0.00410. The van der Waals surface area contributed by atoms with E-state index >= 15 is 8.78 Å². The van der Waals surface area contributed by atoms with E-state index in [9.17, 15) is 29.2 Å². The first-order valence-corrected chi connectivity index (χ1v) is 24.0. The van der Waals surface area contributed by atoms with Gasteiger partial charge in [0.2, 0.25) is 23.7 Å². The molecule has 0 saturated carbocycles. The lowest BCUT2D eigenvalue weighted by atomic mass is 9.90. The lowest BCUT2D eigenvalue weighted by Gasteiger charge is -2.29. The molecule has 8 heterocycles. The summed E-state index contributed by atoms with van der Waals surface area (Å²) in [7, 11) is 2.86. The normalized spacial score (nSPS) is 24.4. The molecule has 0 radical (unpaired) electrons. The van der Waals surface area contributed by atoms with Gasteiger partial charge in [0.25, 0.3) is 0 Å². The number of halogens is 4. The van der Waals surface area contributed by atoms with Crippen LogP contribution in [0.2, 0.25) is 0 Å². The van der Waals surface area contributed by atoms with E-state index in [2.05, 4.69) is 61.5 Å². The van der Waals surface area contributed by atoms with Crippen molar-refractivity contribution in [1.29, 1.82) is 0 Å². The van der Waals surface area contributed by atoms with E-state index in [0.717, 1.165) is 0 Å². The Hall–Kier alpha value is -7.76. The molecule has 0 aliphatic carbocycles. The number of hydroxylamine groups is 2. The van der Waals surface area contributed by atoms with Crippen molar-refractivity contribution in [3.63, 3.8) is 0 Å². The van der Waals surface area contributed by atoms with Gasteiger partial charge in [-0.05, 0) is 67.4 Å². The summed E-state index contributed by atoms with van der Waals surface area (Å²) in [6.07, 6.45) is -7.38. The van der Waals surface area contributed by atoms with Gasteiger partial charge in [-0.2, -0.15) is 0 Å². The molecule has 2 saturated heterocycles. The number of nitrogen functional groups attached to an aromatic ring is 3. The smallest absolute Gasteiger partial charge is 0.237 e. The number of nitrogens with zero attached hydrogens (tertiary/aromatic N) is 8. The number of β-amino-alcohol motifs (C(OH)–C–C–N with tert-alkyl or cyclic N) is 2. The van der Waals surface area contributed by atoms with E-state index in [-0.39, 0.29) is 89.5 Å². The van der Waals surface area contributed by atoms with Crippen molar-refractivity contribution in [2.24, 2.45) is 9.98 Å². The first kappa shape index (κ1) is 54.0. The molecule has 8 unspecified atom stereocenters. The summed E-state index contributed by atoms with van der Waals surface area (Å²) in [6.45, 7) is 3.65. The van der Waals surface area contributed by atoms with Crippen LogP contribution in [0, 0.1) is 25.5 Å². The van der Waals surface area contributed by atoms with Crippen LogP contribution in [-0.2, 0) is 9.68 Å². The van der Waals surface area contributed by atoms with Crippen LogP contribution in [0.15, 0.2) is 76.7 Å². The van der Waals surface area contributed by atoms with Crippen molar-refractivity contribution >= 4 is 29.3 Å². The van der Waals surface area contributed by atoms with Crippen molar-refractivity contribution in [3.05, 3.63) is 123 Å². The number of alkyl halides is 2. The van der Waals surface area contributed by atoms with Crippen LogP contribution < -0.4 is 48.3 Å². The van der Waals surface area contributed by atoms with Crippen molar-refractivity contribution < 1.29 is 57.1 Å². The average molecular weight is 1070 g/mol. The maximum Gasteiger partial charge on any atom is 0.237 e. The molecule has 4 aliphatic rings. The quantitative estimate of drug-likeness (QED) is 0.0618. The average Bonchev–Trinajstić information content (AvgIpc) is 3.95. The van der Waals surface area contributed by atoms with Crippen LogP contribution in [0.5, 0.6) is 11.8 Å². The van der Waals surface area contributed by atoms with Gasteiger partial charge in [-0.15, -0.1) is 0 Å². The van der Waals surface area contributed by atoms with Crippen molar-refractivity contribution in [2.75, 3.05) is 57.7 Å². The number of anilines is 3. The predicted molar refractivity (Wildman–Crippen MR) is 271 cm³/mol. The molecule has 27 heteroatoms. The van der Waals surface area contributed by atoms with Crippen LogP contribution >= 0.6 is 0 Å². The Bertz CT molecular complexity index is 3220. The van der Waals surface area contributed by atoms with E-state index in [1.807, 2.05) is 0 Å². The molecule has 4 aliphatic heterocycles. The first-order valence-electron chi connectivity index (χ1n) is 24.0. The fraction of sp³-hybridized carbons (Fsp3) is 0.360. The highest BCUT2D eigenvalue weighted by Gasteiger charge is 2.40. The Labute approximate surface area is 437 Å². The number of nitrogens with two attached hydrogens (primary N) is 3. The van der Waals surface area contributed by atoms with Gasteiger partial charge in [0.1, 0.15) is 23.7 Å². The van der Waals surface area contributed by atoms with E-state index in [0.29, 0.717) is 45.3 Å². The number of hydrogen-bond donors (Lipinski definition) is 11. The molecule has 2 aromatic carbocycles. The minimum Gasteiger partial charge on any atom is -0.481 e. The second-order valence-corrected chi connectivity index (χ2v) is 18.3. The number of aliphatic imine (C=N–C) groups is 2. The minimum atomic E-state index is -1.78. The number of ether oxygens (including phenoxy) is 2. The van der Waals surface area contributed by atoms with Crippen molar-refractivity contribution in [3.8, 4) is 34.3 Å². The molecule has 10 rings (SSSR count). The number of aryl methyl sites for hydroxylation is 2. The molecule has 0 bridgehead atoms. The lowest BCUT2D eigenvalue weighted by molar-refractivity contribution is 0.00221. The molecule has 406 valence electrons. The molecule has 0 spiro atoms. The van der Waals surface area contributed by atoms with Gasteiger partial charge >= 0.3 is 0 Å². The van der Waals surface area contributed by atoms with Gasteiger partial charge in [-0.25, -0.2) is 58.4 Å². The monoisotopic (exact) mass is 1070 g/mol. The number of nitrogens with one attached hydrogen (secondary N) is 4. The summed E-state index contributed by atoms with van der Waals surface area (Å²) in [5.74, 6) is -0.611. The SMILES string of the molecule is COc1cccc(-c2cc(F)ccc2[C@@H]2N=C(NOCC3NCC(O)C3O)c3c(C)nc(N)nc3C2F)n1.COc1nc(-c2cc(F)ccc2[C@@H]2N=C(NOCC3NCC(O)C3O)c3c(C)nc(N)nc3C2F)ccc1N. The summed E-state index contributed by atoms with van der Waals surface area (Å²) >= 11 is 0. The second-order valence-electron chi connectivity index (χ2n) is 18.3. The predicted octanol–water partition coefficient (Wildman–Crippen LogP) is 2.19. The Morgan fingerprint density at radius 3 is 1.53 bits per heavy atom. The Morgan fingerprint density at radius 1 is 0.610 bits per heavy atom. The molecule has 23 nitrogen and oxygen atoms in total. The number of aromatic nitrogens is 6. The maximum atomic E-state index is 16.2. The molecule has 77 heavy (non-hydrogen) atoms. The second kappa shape index (κ2) is 22.8. The fourth-order valence-electron chi connectivity index (χ4n) is 9.40. The van der Waals surface area contributed by atoms with Gasteiger partial charge in [0.05, 0.1) is 115 Å². The molecular formula is C50H55F4N15O8. The first-order chi connectivity index (χ1) is 36.9. The largest absolute Gasteiger partial charge is 0.481 e. The van der Waals surface area contributed by atoms with Gasteiger partial charge in [0, 0.05) is 30.3 Å². The van der Waals surface area contributed by atoms with Crippen LogP contribution in [-0.4, -0.2) is 139 Å². The number of fused-ring (bicyclic) bond motifs is 2. The number of amidine groups is 2. The summed E-state index contributed by atoms with van der Waals surface area (Å²) in [5, 5.41) is 45.6. The summed E-state index contributed by atoms with van der Waals surface area (Å²) in [5.41, 5.74) is 26.6. The van der Waals surface area contributed by atoms with Crippen LogP contribution in [0.4, 0.5) is 35.1 Å². The topological polar surface area (TPSA) is 346 Å². The highest BCUT2D eigenvalue weighted by molar-refractivity contribution is 6.02. The molecule has 14 N–H and O–H groups in total. The highest BCUT2D eigenvalue weighted by atomic mass is 19.1. The third-order valence-corrected chi connectivity index (χ3v) is 13.2. The lowest BCUT2D eigenvalue weighted by Crippen LogP contribution is -2.41. The molecule has 6 aromatic rings. The van der Waals surface area contributed by atoms with Crippen LogP contribution in [0.3, 0.4) is 0 Å². The molecule has 4 aromatic heterocycles. The number of rotatable bonds is 12. The molecule has 10 atom stereocenters. The summed E-state index contributed by atoms with van der Waals surface area (Å²) in [6, 6.07) is 12.5. The third-order valence-electron chi connectivity index (χ3n) is 13.2. The number of benzene rings is 2. The van der Waals surface area contributed by atoms with Gasteiger partial charge in [0.15, 0.2) is 24.0 Å². The van der Waals surface area contributed by atoms with E-state index in [1.165, 1.54) is 50.6 Å². The third kappa shape index (κ3) is 11.2. The summed E-state index contributed by atoms with van der Waals surface area (Å²) in [4.78, 5) is 45.7.